The highest BCUT2D eigenvalue weighted by molar-refractivity contribution is 7.71. The molecule has 2 heterocycles. The van der Waals surface area contributed by atoms with Gasteiger partial charge in [0.15, 0.2) is 4.77 Å². The van der Waals surface area contributed by atoms with Crippen LogP contribution in [-0.2, 0) is 4.74 Å². The van der Waals surface area contributed by atoms with Crippen molar-refractivity contribution in [1.82, 2.24) is 14.8 Å². The summed E-state index contributed by atoms with van der Waals surface area (Å²) in [7, 11) is 0. The maximum absolute atomic E-state index is 5.80. The first-order valence-corrected chi connectivity index (χ1v) is 5.72. The number of nitrogen functional groups attached to an aromatic ring is 1. The highest BCUT2D eigenvalue weighted by Gasteiger charge is 2.42. The van der Waals surface area contributed by atoms with E-state index in [0.29, 0.717) is 16.6 Å². The molecule has 82 valence electrons. The minimum absolute atomic E-state index is 0.281. The fourth-order valence-corrected chi connectivity index (χ4v) is 2.66. The summed E-state index contributed by atoms with van der Waals surface area (Å²) in [5.74, 6) is 1.18. The smallest absolute Gasteiger partial charge is 0.220 e. The van der Waals surface area contributed by atoms with Gasteiger partial charge >= 0.3 is 0 Å². The molecule has 0 spiro atoms. The molecule has 1 saturated carbocycles. The van der Waals surface area contributed by atoms with Gasteiger partial charge in [-0.05, 0) is 37.4 Å². The van der Waals surface area contributed by atoms with Crippen LogP contribution in [0, 0.1) is 10.7 Å². The van der Waals surface area contributed by atoms with Crippen molar-refractivity contribution in [1.29, 1.82) is 0 Å². The molecule has 6 heteroatoms. The van der Waals surface area contributed by atoms with Gasteiger partial charge in [0.05, 0.1) is 12.1 Å². The third kappa shape index (κ3) is 1.48. The molecule has 3 N–H and O–H groups in total. The van der Waals surface area contributed by atoms with Crippen LogP contribution >= 0.6 is 12.2 Å². The van der Waals surface area contributed by atoms with E-state index in [1.165, 1.54) is 12.8 Å². The number of nitrogens with one attached hydrogen (secondary N) is 1. The highest BCUT2D eigenvalue weighted by Crippen LogP contribution is 2.43. The van der Waals surface area contributed by atoms with Crippen LogP contribution in [0.25, 0.3) is 0 Å². The van der Waals surface area contributed by atoms with Gasteiger partial charge in [-0.15, -0.1) is 5.10 Å². The van der Waals surface area contributed by atoms with E-state index in [-0.39, 0.29) is 12.1 Å². The first-order valence-electron chi connectivity index (χ1n) is 5.31. The zero-order valence-corrected chi connectivity index (χ0v) is 9.17. The lowest BCUT2D eigenvalue weighted by Gasteiger charge is -2.19. The molecule has 0 radical (unpaired) electrons. The predicted octanol–water partition coefficient (Wildman–Crippen LogP) is 1.26. The molecule has 1 aliphatic heterocycles. The Hall–Kier alpha value is -0.880. The summed E-state index contributed by atoms with van der Waals surface area (Å²) in [6.07, 6.45) is 3.81. The zero-order chi connectivity index (χ0) is 10.4. The van der Waals surface area contributed by atoms with Gasteiger partial charge < -0.3 is 10.5 Å². The number of hydrogen-bond donors (Lipinski definition) is 2. The van der Waals surface area contributed by atoms with Gasteiger partial charge in [-0.2, -0.15) is 0 Å². The second-order valence-corrected chi connectivity index (χ2v) is 4.67. The first kappa shape index (κ1) is 9.35. The van der Waals surface area contributed by atoms with Crippen LogP contribution in [-0.4, -0.2) is 27.5 Å². The second kappa shape index (κ2) is 3.31. The lowest BCUT2D eigenvalue weighted by atomic mass is 10.1. The van der Waals surface area contributed by atoms with Crippen molar-refractivity contribution >= 4 is 18.2 Å². The van der Waals surface area contributed by atoms with Gasteiger partial charge in [-0.1, -0.05) is 0 Å². The number of nitrogens with two attached hydrogens (primary N) is 1. The van der Waals surface area contributed by atoms with E-state index in [0.717, 1.165) is 13.0 Å². The Kier molecular flexibility index (Phi) is 2.07. The molecule has 2 fully saturated rings. The third-order valence-electron chi connectivity index (χ3n) is 3.25. The van der Waals surface area contributed by atoms with Crippen LogP contribution in [0.5, 0.6) is 0 Å². The molecule has 0 aromatic carbocycles. The molecule has 0 amide bonds. The minimum atomic E-state index is 0.281. The summed E-state index contributed by atoms with van der Waals surface area (Å²) in [5, 5.41) is 6.67. The summed E-state index contributed by atoms with van der Waals surface area (Å²) >= 11 is 5.18. The van der Waals surface area contributed by atoms with E-state index in [4.69, 9.17) is 22.7 Å². The topological polar surface area (TPSA) is 68.9 Å². The van der Waals surface area contributed by atoms with Crippen molar-refractivity contribution in [3.05, 3.63) is 4.77 Å². The van der Waals surface area contributed by atoms with E-state index in [1.54, 1.807) is 0 Å². The van der Waals surface area contributed by atoms with Crippen molar-refractivity contribution in [2.24, 2.45) is 5.92 Å². The van der Waals surface area contributed by atoms with Crippen LogP contribution in [0.4, 0.5) is 5.95 Å². The largest absolute Gasteiger partial charge is 0.376 e. The molecule has 5 nitrogen and oxygen atoms in total. The van der Waals surface area contributed by atoms with E-state index < -0.39 is 0 Å². The van der Waals surface area contributed by atoms with Crippen molar-refractivity contribution in [3.8, 4) is 0 Å². The van der Waals surface area contributed by atoms with Gasteiger partial charge in [0.1, 0.15) is 0 Å². The number of aromatic amines is 1. The number of nitrogens with zero attached hydrogens (tertiary/aromatic N) is 2. The maximum atomic E-state index is 5.80. The predicted molar refractivity (Wildman–Crippen MR) is 57.9 cm³/mol. The number of H-pyrrole nitrogens is 1. The van der Waals surface area contributed by atoms with Gasteiger partial charge in [-0.3, -0.25) is 4.57 Å². The van der Waals surface area contributed by atoms with Gasteiger partial charge in [-0.25, -0.2) is 5.10 Å². The molecular weight excluding hydrogens is 212 g/mol. The average molecular weight is 226 g/mol. The monoisotopic (exact) mass is 226 g/mol. The number of ether oxygens (including phenoxy) is 1. The Balaban J connectivity index is 1.95. The number of hydrogen-bond acceptors (Lipinski definition) is 4. The Morgan fingerprint density at radius 1 is 1.47 bits per heavy atom. The Morgan fingerprint density at radius 3 is 2.87 bits per heavy atom. The minimum Gasteiger partial charge on any atom is -0.376 e. The molecule has 1 saturated heterocycles. The second-order valence-electron chi connectivity index (χ2n) is 4.29. The molecule has 2 unspecified atom stereocenters. The third-order valence-corrected chi connectivity index (χ3v) is 3.54. The molecule has 1 aliphatic carbocycles. The number of aromatic nitrogens is 3. The number of anilines is 1. The summed E-state index contributed by atoms with van der Waals surface area (Å²) in [5.41, 5.74) is 5.80. The molecule has 1 aromatic heterocycles. The molecule has 2 atom stereocenters. The van der Waals surface area contributed by atoms with Gasteiger partial charge in [0, 0.05) is 6.61 Å². The van der Waals surface area contributed by atoms with Crippen LogP contribution < -0.4 is 5.73 Å². The van der Waals surface area contributed by atoms with Crippen LogP contribution in [0.3, 0.4) is 0 Å². The van der Waals surface area contributed by atoms with E-state index in [1.807, 2.05) is 4.57 Å². The molecule has 15 heavy (non-hydrogen) atoms. The molecule has 3 rings (SSSR count). The summed E-state index contributed by atoms with van der Waals surface area (Å²) < 4.78 is 8.27. The molecule has 0 bridgehead atoms. The molecular formula is C9H14N4OS. The van der Waals surface area contributed by atoms with Crippen molar-refractivity contribution < 1.29 is 4.74 Å². The SMILES string of the molecule is Nc1n[nH]c(=S)n1C1CCOC1C1CC1. The maximum Gasteiger partial charge on any atom is 0.220 e. The van der Waals surface area contributed by atoms with Gasteiger partial charge in [0.2, 0.25) is 5.95 Å². The quantitative estimate of drug-likeness (QED) is 0.745. The average Bonchev–Trinajstić information content (AvgIpc) is 2.87. The Bertz CT molecular complexity index is 422. The standard InChI is InChI=1S/C9H14N4OS/c10-8-11-12-9(15)13(8)6-3-4-14-7(6)5-1-2-5/h5-7H,1-4H2,(H2,10,11)(H,12,15). The fraction of sp³-hybridized carbons (Fsp3) is 0.778. The normalized spacial score (nSPS) is 30.9. The fourth-order valence-electron chi connectivity index (χ4n) is 2.39. The van der Waals surface area contributed by atoms with E-state index >= 15 is 0 Å². The van der Waals surface area contributed by atoms with Crippen molar-refractivity contribution in [2.45, 2.75) is 31.4 Å². The first-order chi connectivity index (χ1) is 7.27. The number of rotatable bonds is 2. The lowest BCUT2D eigenvalue weighted by Crippen LogP contribution is -2.23. The van der Waals surface area contributed by atoms with E-state index in [2.05, 4.69) is 10.2 Å². The highest BCUT2D eigenvalue weighted by atomic mass is 32.1. The van der Waals surface area contributed by atoms with Crippen LogP contribution in [0.1, 0.15) is 25.3 Å². The Labute approximate surface area is 92.6 Å². The molecule has 2 aliphatic rings. The van der Waals surface area contributed by atoms with Gasteiger partial charge in [0.25, 0.3) is 0 Å². The van der Waals surface area contributed by atoms with Crippen molar-refractivity contribution in [2.75, 3.05) is 12.3 Å². The van der Waals surface area contributed by atoms with Crippen LogP contribution in [0.15, 0.2) is 0 Å². The summed E-state index contributed by atoms with van der Waals surface area (Å²) in [4.78, 5) is 0. The van der Waals surface area contributed by atoms with Crippen LogP contribution in [0.2, 0.25) is 0 Å². The van der Waals surface area contributed by atoms with E-state index in [9.17, 15) is 0 Å². The van der Waals surface area contributed by atoms with Crippen molar-refractivity contribution in [3.63, 3.8) is 0 Å². The lowest BCUT2D eigenvalue weighted by molar-refractivity contribution is 0.0752. The Morgan fingerprint density at radius 2 is 2.27 bits per heavy atom. The molecule has 1 aromatic rings. The summed E-state index contributed by atoms with van der Waals surface area (Å²) in [6.45, 7) is 0.804. The zero-order valence-electron chi connectivity index (χ0n) is 8.35. The summed E-state index contributed by atoms with van der Waals surface area (Å²) in [6, 6.07) is 0.281.